The van der Waals surface area contributed by atoms with E-state index in [1.165, 1.54) is 16.8 Å². The Hall–Kier alpha value is -1.48. The smallest absolute Gasteiger partial charge is 0.132 e. The molecule has 0 atom stereocenters. The Kier molecular flexibility index (Phi) is 3.51. The summed E-state index contributed by atoms with van der Waals surface area (Å²) in [5.74, 6) is 0.984. The molecule has 1 aliphatic carbocycles. The number of allylic oxidation sites excluding steroid dienone is 4. The zero-order valence-corrected chi connectivity index (χ0v) is 10.7. The summed E-state index contributed by atoms with van der Waals surface area (Å²) < 4.78 is 0. The van der Waals surface area contributed by atoms with E-state index in [2.05, 4.69) is 28.5 Å². The van der Waals surface area contributed by atoms with Crippen molar-refractivity contribution < 1.29 is 0 Å². The molecule has 0 amide bonds. The van der Waals surface area contributed by atoms with E-state index in [0.717, 1.165) is 51.0 Å². The molecule has 2 heterocycles. The number of hydrogen-bond donors (Lipinski definition) is 1. The minimum Gasteiger partial charge on any atom is -0.316 e. The molecule has 1 N–H and O–H groups in total. The van der Waals surface area contributed by atoms with Gasteiger partial charge in [-0.2, -0.15) is 0 Å². The first-order valence-electron chi connectivity index (χ1n) is 6.81. The van der Waals surface area contributed by atoms with Crippen LogP contribution in [0.5, 0.6) is 0 Å². The number of nitrogens with zero attached hydrogens (tertiary/aromatic N) is 2. The Morgan fingerprint density at radius 1 is 1.17 bits per heavy atom. The van der Waals surface area contributed by atoms with Crippen LogP contribution in [0.1, 0.15) is 29.9 Å². The van der Waals surface area contributed by atoms with Crippen molar-refractivity contribution in [2.24, 2.45) is 0 Å². The molecule has 3 rings (SSSR count). The summed E-state index contributed by atoms with van der Waals surface area (Å²) in [6, 6.07) is 0. The fourth-order valence-corrected chi connectivity index (χ4v) is 2.55. The average Bonchev–Trinajstić information content (AvgIpc) is 2.64. The third kappa shape index (κ3) is 2.67. The lowest BCUT2D eigenvalue weighted by Gasteiger charge is -2.10. The van der Waals surface area contributed by atoms with Gasteiger partial charge in [0, 0.05) is 31.3 Å². The summed E-state index contributed by atoms with van der Waals surface area (Å²) in [4.78, 5) is 9.28. The fourth-order valence-electron chi connectivity index (χ4n) is 2.55. The van der Waals surface area contributed by atoms with Gasteiger partial charge in [-0.1, -0.05) is 23.8 Å². The van der Waals surface area contributed by atoms with Gasteiger partial charge in [-0.05, 0) is 31.4 Å². The first-order chi connectivity index (χ1) is 8.92. The van der Waals surface area contributed by atoms with Crippen molar-refractivity contribution in [1.29, 1.82) is 0 Å². The van der Waals surface area contributed by atoms with Gasteiger partial charge in [-0.25, -0.2) is 9.97 Å². The van der Waals surface area contributed by atoms with Crippen molar-refractivity contribution in [2.45, 2.75) is 32.1 Å². The predicted molar refractivity (Wildman–Crippen MR) is 72.5 cm³/mol. The minimum atomic E-state index is 0.908. The highest BCUT2D eigenvalue weighted by molar-refractivity contribution is 5.24. The first-order valence-corrected chi connectivity index (χ1v) is 6.81. The number of fused-ring (bicyclic) bond motifs is 1. The zero-order chi connectivity index (χ0) is 12.2. The predicted octanol–water partition coefficient (Wildman–Crippen LogP) is 1.98. The van der Waals surface area contributed by atoms with Gasteiger partial charge in [-0.15, -0.1) is 0 Å². The number of aromatic nitrogens is 2. The molecule has 0 fully saturated rings. The lowest BCUT2D eigenvalue weighted by molar-refractivity contribution is 0.707. The van der Waals surface area contributed by atoms with E-state index in [-0.39, 0.29) is 0 Å². The molecule has 0 spiro atoms. The van der Waals surface area contributed by atoms with Crippen LogP contribution in [-0.2, 0) is 19.3 Å². The quantitative estimate of drug-likeness (QED) is 0.860. The largest absolute Gasteiger partial charge is 0.316 e. The van der Waals surface area contributed by atoms with Crippen LogP contribution >= 0.6 is 0 Å². The second-order valence-corrected chi connectivity index (χ2v) is 4.98. The van der Waals surface area contributed by atoms with E-state index in [4.69, 9.17) is 4.98 Å². The van der Waals surface area contributed by atoms with Crippen molar-refractivity contribution in [3.8, 4) is 0 Å². The number of nitrogens with one attached hydrogen (secondary N) is 1. The average molecular weight is 241 g/mol. The van der Waals surface area contributed by atoms with Gasteiger partial charge in [0.1, 0.15) is 5.82 Å². The zero-order valence-electron chi connectivity index (χ0n) is 10.7. The van der Waals surface area contributed by atoms with Crippen LogP contribution in [-0.4, -0.2) is 23.1 Å². The third-order valence-corrected chi connectivity index (χ3v) is 3.60. The molecule has 3 heteroatoms. The molecule has 2 aliphatic rings. The van der Waals surface area contributed by atoms with Crippen LogP contribution in [0.25, 0.3) is 0 Å². The van der Waals surface area contributed by atoms with Crippen molar-refractivity contribution in [2.75, 3.05) is 13.1 Å². The molecule has 1 aliphatic heterocycles. The summed E-state index contributed by atoms with van der Waals surface area (Å²) in [5, 5.41) is 3.41. The first kappa shape index (κ1) is 11.6. The van der Waals surface area contributed by atoms with Gasteiger partial charge in [0.05, 0.1) is 0 Å². The standard InChI is InChI=1S/C15H19N3/c1-2-4-12(5-3-1)10-15-17-11-13-6-8-16-9-7-14(13)18-15/h1-2,4,11,16H,3,5-10H2. The van der Waals surface area contributed by atoms with Crippen LogP contribution in [0.4, 0.5) is 0 Å². The molecule has 18 heavy (non-hydrogen) atoms. The van der Waals surface area contributed by atoms with E-state index >= 15 is 0 Å². The fraction of sp³-hybridized carbons (Fsp3) is 0.467. The SMILES string of the molecule is C1=CCCC(Cc2ncc3c(n2)CCNCC3)=C1. The third-order valence-electron chi connectivity index (χ3n) is 3.60. The molecule has 0 unspecified atom stereocenters. The molecular weight excluding hydrogens is 222 g/mol. The Morgan fingerprint density at radius 2 is 2.11 bits per heavy atom. The highest BCUT2D eigenvalue weighted by Crippen LogP contribution is 2.17. The van der Waals surface area contributed by atoms with E-state index < -0.39 is 0 Å². The second kappa shape index (κ2) is 5.44. The second-order valence-electron chi connectivity index (χ2n) is 4.98. The lowest BCUT2D eigenvalue weighted by Crippen LogP contribution is -2.16. The molecule has 0 aromatic carbocycles. The molecular formula is C15H19N3. The van der Waals surface area contributed by atoms with Gasteiger partial charge in [0.2, 0.25) is 0 Å². The minimum absolute atomic E-state index is 0.908. The molecule has 3 nitrogen and oxygen atoms in total. The summed E-state index contributed by atoms with van der Waals surface area (Å²) in [6.45, 7) is 2.08. The van der Waals surface area contributed by atoms with Crippen molar-refractivity contribution >= 4 is 0 Å². The van der Waals surface area contributed by atoms with E-state index in [9.17, 15) is 0 Å². The van der Waals surface area contributed by atoms with Gasteiger partial charge in [0.25, 0.3) is 0 Å². The van der Waals surface area contributed by atoms with Crippen LogP contribution in [0.3, 0.4) is 0 Å². The van der Waals surface area contributed by atoms with Crippen molar-refractivity contribution in [3.05, 3.63) is 47.1 Å². The molecule has 0 saturated carbocycles. The molecule has 0 bridgehead atoms. The maximum Gasteiger partial charge on any atom is 0.132 e. The monoisotopic (exact) mass is 241 g/mol. The van der Waals surface area contributed by atoms with Crippen LogP contribution in [0.15, 0.2) is 30.0 Å². The van der Waals surface area contributed by atoms with E-state index in [1.54, 1.807) is 0 Å². The Balaban J connectivity index is 1.79. The molecule has 1 aromatic heterocycles. The van der Waals surface area contributed by atoms with Crippen molar-refractivity contribution in [1.82, 2.24) is 15.3 Å². The maximum absolute atomic E-state index is 4.75. The maximum atomic E-state index is 4.75. The van der Waals surface area contributed by atoms with Crippen LogP contribution in [0.2, 0.25) is 0 Å². The van der Waals surface area contributed by atoms with E-state index in [1.807, 2.05) is 6.20 Å². The highest BCUT2D eigenvalue weighted by Gasteiger charge is 2.11. The topological polar surface area (TPSA) is 37.8 Å². The highest BCUT2D eigenvalue weighted by atomic mass is 14.9. The molecule has 0 radical (unpaired) electrons. The normalized spacial score (nSPS) is 19.0. The summed E-state index contributed by atoms with van der Waals surface area (Å²) >= 11 is 0. The van der Waals surface area contributed by atoms with Crippen LogP contribution < -0.4 is 5.32 Å². The summed E-state index contributed by atoms with van der Waals surface area (Å²) in [6.07, 6.45) is 13.9. The number of hydrogen-bond acceptors (Lipinski definition) is 3. The number of rotatable bonds is 2. The van der Waals surface area contributed by atoms with Gasteiger partial charge in [-0.3, -0.25) is 0 Å². The summed E-state index contributed by atoms with van der Waals surface area (Å²) in [7, 11) is 0. The van der Waals surface area contributed by atoms with Gasteiger partial charge >= 0.3 is 0 Å². The van der Waals surface area contributed by atoms with E-state index in [0.29, 0.717) is 0 Å². The van der Waals surface area contributed by atoms with Crippen molar-refractivity contribution in [3.63, 3.8) is 0 Å². The summed E-state index contributed by atoms with van der Waals surface area (Å²) in [5.41, 5.74) is 4.02. The molecule has 0 saturated heterocycles. The van der Waals surface area contributed by atoms with Crippen LogP contribution in [0, 0.1) is 0 Å². The van der Waals surface area contributed by atoms with Gasteiger partial charge in [0.15, 0.2) is 0 Å². The van der Waals surface area contributed by atoms with Gasteiger partial charge < -0.3 is 5.32 Å². The lowest BCUT2D eigenvalue weighted by atomic mass is 10.0. The Labute approximate surface area is 108 Å². The Morgan fingerprint density at radius 3 is 3.00 bits per heavy atom. The molecule has 1 aromatic rings. The Bertz CT molecular complexity index is 489. The molecule has 94 valence electrons.